The van der Waals surface area contributed by atoms with Gasteiger partial charge in [-0.25, -0.2) is 0 Å². The number of nitro benzene ring substituents is 1. The second-order valence-corrected chi connectivity index (χ2v) is 4.82. The Morgan fingerprint density at radius 1 is 1.48 bits per heavy atom. The summed E-state index contributed by atoms with van der Waals surface area (Å²) in [6.45, 7) is 0.391. The number of amides is 1. The largest absolute Gasteiger partial charge is 0.481 e. The van der Waals surface area contributed by atoms with Crippen LogP contribution in [0.4, 0.5) is 10.1 Å². The fourth-order valence-corrected chi connectivity index (χ4v) is 2.47. The molecule has 0 spiro atoms. The molecule has 0 radical (unpaired) electrons. The van der Waals surface area contributed by atoms with Crippen LogP contribution in [-0.4, -0.2) is 39.4 Å². The van der Waals surface area contributed by atoms with E-state index >= 15 is 0 Å². The molecule has 1 saturated heterocycles. The zero-order valence-electron chi connectivity index (χ0n) is 11.0. The topological polar surface area (TPSA) is 101 Å². The first-order chi connectivity index (χ1) is 9.90. The Morgan fingerprint density at radius 2 is 2.19 bits per heavy atom. The van der Waals surface area contributed by atoms with E-state index in [2.05, 4.69) is 0 Å². The molecule has 2 rings (SSSR count). The van der Waals surface area contributed by atoms with Crippen LogP contribution in [-0.2, 0) is 4.79 Å². The number of hydrogen-bond acceptors (Lipinski definition) is 4. The zero-order chi connectivity index (χ0) is 15.6. The lowest BCUT2D eigenvalue weighted by molar-refractivity contribution is -0.387. The highest BCUT2D eigenvalue weighted by Crippen LogP contribution is 2.25. The first-order valence-electron chi connectivity index (χ1n) is 6.37. The first kappa shape index (κ1) is 14.9. The van der Waals surface area contributed by atoms with Crippen molar-refractivity contribution in [1.82, 2.24) is 4.90 Å². The monoisotopic (exact) mass is 296 g/mol. The Kier molecular flexibility index (Phi) is 4.15. The molecule has 1 aliphatic heterocycles. The van der Waals surface area contributed by atoms with E-state index in [1.807, 2.05) is 0 Å². The number of carbonyl (C=O) groups is 2. The van der Waals surface area contributed by atoms with Gasteiger partial charge < -0.3 is 10.0 Å². The Morgan fingerprint density at radius 3 is 2.81 bits per heavy atom. The van der Waals surface area contributed by atoms with Crippen LogP contribution in [0.2, 0.25) is 0 Å². The third kappa shape index (κ3) is 3.15. The van der Waals surface area contributed by atoms with Gasteiger partial charge in [-0.2, -0.15) is 4.39 Å². The van der Waals surface area contributed by atoms with Gasteiger partial charge in [0.15, 0.2) is 0 Å². The van der Waals surface area contributed by atoms with Crippen molar-refractivity contribution < 1.29 is 24.0 Å². The molecule has 0 saturated carbocycles. The van der Waals surface area contributed by atoms with Gasteiger partial charge in [-0.3, -0.25) is 19.7 Å². The van der Waals surface area contributed by atoms with Crippen molar-refractivity contribution in [1.29, 1.82) is 0 Å². The maximum absolute atomic E-state index is 13.3. The minimum atomic E-state index is -1.01. The van der Waals surface area contributed by atoms with Gasteiger partial charge in [-0.05, 0) is 25.0 Å². The average Bonchev–Trinajstić information content (AvgIpc) is 2.85. The molecule has 1 amide bonds. The summed E-state index contributed by atoms with van der Waals surface area (Å²) in [7, 11) is 0. The fraction of sp³-hybridized carbons (Fsp3) is 0.385. The molecule has 1 fully saturated rings. The lowest BCUT2D eigenvalue weighted by Crippen LogP contribution is -2.36. The number of nitro groups is 1. The van der Waals surface area contributed by atoms with Gasteiger partial charge in [-0.1, -0.05) is 0 Å². The van der Waals surface area contributed by atoms with Gasteiger partial charge in [0.05, 0.1) is 11.3 Å². The number of benzene rings is 1. The average molecular weight is 296 g/mol. The van der Waals surface area contributed by atoms with Crippen molar-refractivity contribution in [2.24, 2.45) is 0 Å². The molecule has 1 aliphatic rings. The van der Waals surface area contributed by atoms with Crippen LogP contribution < -0.4 is 0 Å². The molecule has 0 aromatic heterocycles. The summed E-state index contributed by atoms with van der Waals surface area (Å²) in [6, 6.07) is 2.49. The molecule has 8 heteroatoms. The van der Waals surface area contributed by atoms with Crippen molar-refractivity contribution in [2.45, 2.75) is 25.3 Å². The minimum absolute atomic E-state index is 0.0135. The molecular weight excluding hydrogens is 283 g/mol. The van der Waals surface area contributed by atoms with Crippen LogP contribution in [0.1, 0.15) is 29.6 Å². The van der Waals surface area contributed by atoms with E-state index in [0.717, 1.165) is 12.1 Å². The highest BCUT2D eigenvalue weighted by atomic mass is 19.1. The van der Waals surface area contributed by atoms with Gasteiger partial charge in [0.25, 0.3) is 5.91 Å². The molecule has 1 unspecified atom stereocenters. The maximum atomic E-state index is 13.3. The summed E-state index contributed by atoms with van der Waals surface area (Å²) in [5.74, 6) is -2.54. The fourth-order valence-electron chi connectivity index (χ4n) is 2.47. The van der Waals surface area contributed by atoms with Crippen LogP contribution in [0.3, 0.4) is 0 Å². The van der Waals surface area contributed by atoms with Crippen LogP contribution in [0.25, 0.3) is 0 Å². The minimum Gasteiger partial charge on any atom is -0.481 e. The number of carboxylic acid groups (broad SMARTS) is 1. The third-order valence-electron chi connectivity index (χ3n) is 3.44. The summed E-state index contributed by atoms with van der Waals surface area (Å²) in [5, 5.41) is 19.5. The number of carbonyl (C=O) groups excluding carboxylic acids is 1. The molecule has 112 valence electrons. The molecule has 7 nitrogen and oxygen atoms in total. The summed E-state index contributed by atoms with van der Waals surface area (Å²) in [5.41, 5.74) is -0.782. The third-order valence-corrected chi connectivity index (χ3v) is 3.44. The number of likely N-dealkylation sites (tertiary alicyclic amines) is 1. The standard InChI is InChI=1S/C13H13FN2O5/c14-10-4-3-8(6-11(10)16(20)21)13(19)15-5-1-2-9(15)7-12(17)18/h3-4,6,9H,1-2,5,7H2,(H,17,18). The summed E-state index contributed by atoms with van der Waals surface area (Å²) in [4.78, 5) is 34.3. The predicted molar refractivity (Wildman–Crippen MR) is 69.4 cm³/mol. The number of nitrogens with zero attached hydrogens (tertiary/aromatic N) is 2. The van der Waals surface area contributed by atoms with Gasteiger partial charge in [0, 0.05) is 24.2 Å². The van der Waals surface area contributed by atoms with Gasteiger partial charge in [0.1, 0.15) is 0 Å². The maximum Gasteiger partial charge on any atom is 0.305 e. The van der Waals surface area contributed by atoms with E-state index < -0.39 is 34.3 Å². The van der Waals surface area contributed by atoms with Crippen molar-refractivity contribution in [3.63, 3.8) is 0 Å². The molecule has 1 atom stereocenters. The molecule has 1 N–H and O–H groups in total. The Bertz CT molecular complexity index is 604. The van der Waals surface area contributed by atoms with Gasteiger partial charge >= 0.3 is 11.7 Å². The highest BCUT2D eigenvalue weighted by Gasteiger charge is 2.31. The van der Waals surface area contributed by atoms with Crippen molar-refractivity contribution >= 4 is 17.6 Å². The normalized spacial score (nSPS) is 17.8. The van der Waals surface area contributed by atoms with E-state index in [1.165, 1.54) is 11.0 Å². The van der Waals surface area contributed by atoms with E-state index in [0.29, 0.717) is 19.4 Å². The second-order valence-electron chi connectivity index (χ2n) is 4.82. The first-order valence-corrected chi connectivity index (χ1v) is 6.37. The number of aliphatic carboxylic acids is 1. The summed E-state index contributed by atoms with van der Waals surface area (Å²) in [6.07, 6.45) is 1.07. The van der Waals surface area contributed by atoms with Crippen molar-refractivity contribution in [3.05, 3.63) is 39.7 Å². The van der Waals surface area contributed by atoms with E-state index in [9.17, 15) is 24.1 Å². The number of hydrogen-bond donors (Lipinski definition) is 1. The van der Waals surface area contributed by atoms with Gasteiger partial charge in [-0.15, -0.1) is 0 Å². The number of halogens is 1. The Balaban J connectivity index is 2.25. The van der Waals surface area contributed by atoms with E-state index in [-0.39, 0.29) is 12.0 Å². The Labute approximate surface area is 119 Å². The van der Waals surface area contributed by atoms with E-state index in [1.54, 1.807) is 0 Å². The smallest absolute Gasteiger partial charge is 0.305 e. The lowest BCUT2D eigenvalue weighted by Gasteiger charge is -2.23. The van der Waals surface area contributed by atoms with Crippen molar-refractivity contribution in [2.75, 3.05) is 6.54 Å². The highest BCUT2D eigenvalue weighted by molar-refractivity contribution is 5.95. The molecule has 1 aromatic carbocycles. The lowest BCUT2D eigenvalue weighted by atomic mass is 10.1. The molecule has 21 heavy (non-hydrogen) atoms. The summed E-state index contributed by atoms with van der Waals surface area (Å²) < 4.78 is 13.3. The van der Waals surface area contributed by atoms with E-state index in [4.69, 9.17) is 5.11 Å². The molecule has 0 aliphatic carbocycles. The summed E-state index contributed by atoms with van der Waals surface area (Å²) >= 11 is 0. The SMILES string of the molecule is O=C(O)CC1CCCN1C(=O)c1ccc(F)c([N+](=O)[O-])c1. The second kappa shape index (κ2) is 5.86. The van der Waals surface area contributed by atoms with Crippen LogP contribution in [0.5, 0.6) is 0 Å². The molecule has 0 bridgehead atoms. The Hall–Kier alpha value is -2.51. The van der Waals surface area contributed by atoms with Crippen LogP contribution >= 0.6 is 0 Å². The molecular formula is C13H13FN2O5. The quantitative estimate of drug-likeness (QED) is 0.674. The van der Waals surface area contributed by atoms with Gasteiger partial charge in [0.2, 0.25) is 5.82 Å². The number of rotatable bonds is 4. The zero-order valence-corrected chi connectivity index (χ0v) is 11.0. The predicted octanol–water partition coefficient (Wildman–Crippen LogP) is 1.81. The van der Waals surface area contributed by atoms with Crippen LogP contribution in [0.15, 0.2) is 18.2 Å². The van der Waals surface area contributed by atoms with Crippen molar-refractivity contribution in [3.8, 4) is 0 Å². The molecule has 1 aromatic rings. The number of carboxylic acids is 1. The molecule has 1 heterocycles. The van der Waals surface area contributed by atoms with Crippen LogP contribution in [0, 0.1) is 15.9 Å².